The summed E-state index contributed by atoms with van der Waals surface area (Å²) in [6, 6.07) is 22.1. The maximum absolute atomic E-state index is 12.6. The highest BCUT2D eigenvalue weighted by Gasteiger charge is 2.19. The molecule has 0 saturated carbocycles. The molecule has 0 aliphatic carbocycles. The number of carbonyl (C=O) groups is 1. The van der Waals surface area contributed by atoms with Crippen LogP contribution in [0.4, 0.5) is 0 Å². The quantitative estimate of drug-likeness (QED) is 0.349. The Morgan fingerprint density at radius 2 is 1.43 bits per heavy atom. The molecule has 0 radical (unpaired) electrons. The van der Waals surface area contributed by atoms with Gasteiger partial charge in [-0.2, -0.15) is 0 Å². The van der Waals surface area contributed by atoms with Crippen LogP contribution in [0.15, 0.2) is 91.3 Å². The van der Waals surface area contributed by atoms with Gasteiger partial charge in [0.25, 0.3) is 5.91 Å². The standard InChI is InChI=1S/C26H20N6O3/c33-21-8-3-1-6-19(21)24-30-25(20-7-2-4-9-22(20)34)32(31-24)18-12-10-17(11-13-18)26(35)29-16-23-27-14-5-15-28-23/h1-15,33-34H,16H2,(H,29,35). The molecule has 0 spiro atoms. The molecule has 3 aromatic carbocycles. The van der Waals surface area contributed by atoms with Gasteiger partial charge in [-0.25, -0.2) is 19.6 Å². The van der Waals surface area contributed by atoms with E-state index in [-0.39, 0.29) is 24.0 Å². The number of hydrogen-bond donors (Lipinski definition) is 3. The Hall–Kier alpha value is -5.05. The molecule has 0 bridgehead atoms. The van der Waals surface area contributed by atoms with Crippen molar-refractivity contribution in [1.29, 1.82) is 0 Å². The minimum atomic E-state index is -0.265. The van der Waals surface area contributed by atoms with Gasteiger partial charge in [-0.1, -0.05) is 24.3 Å². The van der Waals surface area contributed by atoms with Gasteiger partial charge < -0.3 is 15.5 Å². The Kier molecular flexibility index (Phi) is 5.87. The molecule has 0 atom stereocenters. The average Bonchev–Trinajstić information content (AvgIpc) is 3.33. The van der Waals surface area contributed by atoms with Crippen molar-refractivity contribution in [3.8, 4) is 40.0 Å². The Bertz CT molecular complexity index is 1480. The van der Waals surface area contributed by atoms with Crippen LogP contribution in [0.25, 0.3) is 28.5 Å². The lowest BCUT2D eigenvalue weighted by Crippen LogP contribution is -2.23. The number of para-hydroxylation sites is 2. The third-order valence-corrected chi connectivity index (χ3v) is 5.30. The number of phenols is 2. The highest BCUT2D eigenvalue weighted by atomic mass is 16.3. The highest BCUT2D eigenvalue weighted by molar-refractivity contribution is 5.94. The number of phenolic OH excluding ortho intramolecular Hbond substituents is 2. The summed E-state index contributed by atoms with van der Waals surface area (Å²) < 4.78 is 1.57. The molecule has 5 aromatic rings. The highest BCUT2D eigenvalue weighted by Crippen LogP contribution is 2.33. The molecular weight excluding hydrogens is 444 g/mol. The molecule has 0 fully saturated rings. The van der Waals surface area contributed by atoms with E-state index in [2.05, 4.69) is 25.4 Å². The van der Waals surface area contributed by atoms with E-state index in [9.17, 15) is 15.0 Å². The number of nitrogens with zero attached hydrogens (tertiary/aromatic N) is 5. The van der Waals surface area contributed by atoms with E-state index in [0.717, 1.165) is 0 Å². The molecule has 0 unspecified atom stereocenters. The van der Waals surface area contributed by atoms with Crippen LogP contribution in [-0.2, 0) is 6.54 Å². The summed E-state index contributed by atoms with van der Waals surface area (Å²) in [6.07, 6.45) is 3.24. The number of aromatic hydroxyl groups is 2. The third kappa shape index (κ3) is 4.55. The molecule has 5 rings (SSSR count). The summed E-state index contributed by atoms with van der Waals surface area (Å²) in [5.74, 6) is 1.03. The summed E-state index contributed by atoms with van der Waals surface area (Å²) >= 11 is 0. The largest absolute Gasteiger partial charge is 0.507 e. The van der Waals surface area contributed by atoms with Crippen LogP contribution in [-0.4, -0.2) is 40.9 Å². The van der Waals surface area contributed by atoms with E-state index in [0.29, 0.717) is 39.9 Å². The van der Waals surface area contributed by atoms with Crippen LogP contribution < -0.4 is 5.32 Å². The molecule has 3 N–H and O–H groups in total. The van der Waals surface area contributed by atoms with E-state index in [1.54, 1.807) is 95.9 Å². The van der Waals surface area contributed by atoms with Crippen molar-refractivity contribution in [2.24, 2.45) is 0 Å². The van der Waals surface area contributed by atoms with Gasteiger partial charge in [0.1, 0.15) is 17.3 Å². The maximum Gasteiger partial charge on any atom is 0.251 e. The number of nitrogens with one attached hydrogen (secondary N) is 1. The topological polar surface area (TPSA) is 126 Å². The zero-order valence-corrected chi connectivity index (χ0v) is 18.4. The molecule has 35 heavy (non-hydrogen) atoms. The number of carbonyl (C=O) groups excluding carboxylic acids is 1. The molecule has 2 heterocycles. The number of benzene rings is 3. The molecule has 9 nitrogen and oxygen atoms in total. The average molecular weight is 464 g/mol. The number of amides is 1. The molecule has 1 amide bonds. The summed E-state index contributed by atoms with van der Waals surface area (Å²) in [5.41, 5.74) is 2.02. The summed E-state index contributed by atoms with van der Waals surface area (Å²) in [7, 11) is 0. The molecule has 2 aromatic heterocycles. The van der Waals surface area contributed by atoms with Crippen LogP contribution in [0.2, 0.25) is 0 Å². The van der Waals surface area contributed by atoms with Gasteiger partial charge in [0.05, 0.1) is 23.4 Å². The maximum atomic E-state index is 12.6. The monoisotopic (exact) mass is 464 g/mol. The fraction of sp³-hybridized carbons (Fsp3) is 0.0385. The fourth-order valence-corrected chi connectivity index (χ4v) is 3.54. The molecule has 9 heteroatoms. The Morgan fingerprint density at radius 1 is 0.800 bits per heavy atom. The second kappa shape index (κ2) is 9.44. The van der Waals surface area contributed by atoms with Crippen molar-refractivity contribution in [1.82, 2.24) is 30.0 Å². The second-order valence-electron chi connectivity index (χ2n) is 7.60. The summed E-state index contributed by atoms with van der Waals surface area (Å²) in [6.45, 7) is 0.214. The van der Waals surface area contributed by atoms with Gasteiger partial charge in [0.15, 0.2) is 11.6 Å². The first kappa shape index (κ1) is 21.8. The number of aromatic nitrogens is 5. The van der Waals surface area contributed by atoms with Crippen LogP contribution in [0.5, 0.6) is 11.5 Å². The van der Waals surface area contributed by atoms with Crippen molar-refractivity contribution in [3.63, 3.8) is 0 Å². The van der Waals surface area contributed by atoms with E-state index in [1.807, 2.05) is 0 Å². The van der Waals surface area contributed by atoms with Gasteiger partial charge in [0.2, 0.25) is 0 Å². The minimum absolute atomic E-state index is 0.0444. The van der Waals surface area contributed by atoms with Crippen molar-refractivity contribution in [2.45, 2.75) is 6.54 Å². The van der Waals surface area contributed by atoms with Crippen LogP contribution in [0.3, 0.4) is 0 Å². The minimum Gasteiger partial charge on any atom is -0.507 e. The molecule has 172 valence electrons. The van der Waals surface area contributed by atoms with Crippen molar-refractivity contribution >= 4 is 5.91 Å². The molecule has 0 aliphatic rings. The lowest BCUT2D eigenvalue weighted by atomic mass is 10.1. The molecule has 0 aliphatic heterocycles. The second-order valence-corrected chi connectivity index (χ2v) is 7.60. The van der Waals surface area contributed by atoms with E-state index in [4.69, 9.17) is 0 Å². The Balaban J connectivity index is 1.48. The van der Waals surface area contributed by atoms with Crippen LogP contribution in [0.1, 0.15) is 16.2 Å². The predicted molar refractivity (Wildman–Crippen MR) is 129 cm³/mol. The van der Waals surface area contributed by atoms with Gasteiger partial charge in [-0.05, 0) is 54.6 Å². The van der Waals surface area contributed by atoms with E-state index in [1.165, 1.54) is 0 Å². The molecular formula is C26H20N6O3. The lowest BCUT2D eigenvalue weighted by Gasteiger charge is -2.09. The van der Waals surface area contributed by atoms with Gasteiger partial charge in [0, 0.05) is 18.0 Å². The SMILES string of the molecule is O=C(NCc1ncccn1)c1ccc(-n2nc(-c3ccccc3O)nc2-c2ccccc2O)cc1. The fourth-order valence-electron chi connectivity index (χ4n) is 3.54. The lowest BCUT2D eigenvalue weighted by molar-refractivity contribution is 0.0950. The van der Waals surface area contributed by atoms with Gasteiger partial charge in [-0.3, -0.25) is 4.79 Å². The van der Waals surface area contributed by atoms with Crippen LogP contribution >= 0.6 is 0 Å². The Morgan fingerprint density at radius 3 is 2.09 bits per heavy atom. The number of rotatable bonds is 6. The van der Waals surface area contributed by atoms with Crippen LogP contribution in [0, 0.1) is 0 Å². The molecule has 0 saturated heterocycles. The normalized spacial score (nSPS) is 10.7. The summed E-state index contributed by atoms with van der Waals surface area (Å²) in [4.78, 5) is 25.4. The first-order valence-corrected chi connectivity index (χ1v) is 10.8. The predicted octanol–water partition coefficient (Wildman–Crippen LogP) is 3.73. The van der Waals surface area contributed by atoms with E-state index >= 15 is 0 Å². The number of hydrogen-bond acceptors (Lipinski definition) is 7. The zero-order valence-electron chi connectivity index (χ0n) is 18.4. The van der Waals surface area contributed by atoms with Crippen molar-refractivity contribution in [3.05, 3.63) is 103 Å². The summed E-state index contributed by atoms with van der Waals surface area (Å²) in [5, 5.41) is 28.1. The van der Waals surface area contributed by atoms with Gasteiger partial charge in [-0.15, -0.1) is 5.10 Å². The smallest absolute Gasteiger partial charge is 0.251 e. The van der Waals surface area contributed by atoms with Gasteiger partial charge >= 0.3 is 0 Å². The third-order valence-electron chi connectivity index (χ3n) is 5.30. The first-order chi connectivity index (χ1) is 17.1. The van der Waals surface area contributed by atoms with Crippen molar-refractivity contribution < 1.29 is 15.0 Å². The zero-order chi connectivity index (χ0) is 24.2. The van der Waals surface area contributed by atoms with E-state index < -0.39 is 0 Å². The Labute approximate surface area is 200 Å². The van der Waals surface area contributed by atoms with Crippen molar-refractivity contribution in [2.75, 3.05) is 0 Å². The first-order valence-electron chi connectivity index (χ1n) is 10.8.